The number of carbonyl (C=O) groups is 7. The van der Waals surface area contributed by atoms with Crippen molar-refractivity contribution in [2.75, 3.05) is 80.8 Å². The second-order valence-corrected chi connectivity index (χ2v) is 18.4. The van der Waals surface area contributed by atoms with Gasteiger partial charge in [-0.25, -0.2) is 9.59 Å². The average molecular weight is 833 g/mol. The van der Waals surface area contributed by atoms with Gasteiger partial charge >= 0.3 is 35.8 Å². The lowest BCUT2D eigenvalue weighted by Gasteiger charge is -2.36. The van der Waals surface area contributed by atoms with Crippen LogP contribution in [0.15, 0.2) is 0 Å². The second kappa shape index (κ2) is 23.1. The molecule has 0 aliphatic carbocycles. The SMILES string of the molecule is CCCC[N+](C)(C)CCOC(=O)C(C)(C)CC(C)(CC)C(=O)OC[C@H](NC(=O)[C@@H](N)COC(=O)C(C)(CC)CC(C)(CC)C(=O)OCC[N+](C)(C)CC(=O)O)C(=O)O. The van der Waals surface area contributed by atoms with Crippen molar-refractivity contribution in [3.8, 4) is 0 Å². The molecule has 0 aliphatic heterocycles. The molecule has 0 radical (unpaired) electrons. The minimum Gasteiger partial charge on any atom is -0.480 e. The van der Waals surface area contributed by atoms with Crippen molar-refractivity contribution in [3.63, 3.8) is 0 Å². The Labute approximate surface area is 345 Å². The highest BCUT2D eigenvalue weighted by atomic mass is 16.5. The number of nitrogens with zero attached hydrogens (tertiary/aromatic N) is 2. The summed E-state index contributed by atoms with van der Waals surface area (Å²) in [6, 6.07) is -3.17. The number of likely N-dealkylation sites (N-methyl/N-ethyl adjacent to an activating group) is 2. The molecular weight excluding hydrogens is 756 g/mol. The molecule has 5 atom stereocenters. The number of carboxylic acids is 2. The molecular formula is C41H76N4O13+2. The van der Waals surface area contributed by atoms with Gasteiger partial charge in [0.05, 0.1) is 56.4 Å². The van der Waals surface area contributed by atoms with Gasteiger partial charge in [-0.3, -0.25) is 24.0 Å². The van der Waals surface area contributed by atoms with Crippen LogP contribution in [0.5, 0.6) is 0 Å². The van der Waals surface area contributed by atoms with Crippen molar-refractivity contribution in [1.29, 1.82) is 0 Å². The lowest BCUT2D eigenvalue weighted by atomic mass is 9.70. The van der Waals surface area contributed by atoms with Gasteiger partial charge in [-0.05, 0) is 73.1 Å². The minimum atomic E-state index is -1.68. The summed E-state index contributed by atoms with van der Waals surface area (Å²) in [5.41, 5.74) is 1.44. The van der Waals surface area contributed by atoms with Crippen molar-refractivity contribution in [2.45, 2.75) is 119 Å². The van der Waals surface area contributed by atoms with Gasteiger partial charge in [0.15, 0.2) is 12.6 Å². The summed E-state index contributed by atoms with van der Waals surface area (Å²) >= 11 is 0. The summed E-state index contributed by atoms with van der Waals surface area (Å²) in [5.74, 6) is -5.95. The van der Waals surface area contributed by atoms with Crippen LogP contribution >= 0.6 is 0 Å². The molecule has 58 heavy (non-hydrogen) atoms. The quantitative estimate of drug-likeness (QED) is 0.0482. The number of nitrogens with two attached hydrogens (primary N) is 1. The van der Waals surface area contributed by atoms with E-state index < -0.39 is 88.7 Å². The lowest BCUT2D eigenvalue weighted by molar-refractivity contribution is -0.890. The molecule has 1 amide bonds. The molecule has 0 spiro atoms. The first-order valence-electron chi connectivity index (χ1n) is 20.3. The van der Waals surface area contributed by atoms with Gasteiger partial charge in [0.25, 0.3) is 0 Å². The largest absolute Gasteiger partial charge is 0.480 e. The third-order valence-electron chi connectivity index (χ3n) is 11.3. The van der Waals surface area contributed by atoms with E-state index in [-0.39, 0.29) is 56.5 Å². The Kier molecular flexibility index (Phi) is 21.6. The number of carboxylic acid groups (broad SMARTS) is 2. The molecule has 0 aromatic heterocycles. The molecule has 0 rings (SSSR count). The highest BCUT2D eigenvalue weighted by Crippen LogP contribution is 2.41. The number of amides is 1. The first-order chi connectivity index (χ1) is 26.5. The monoisotopic (exact) mass is 833 g/mol. The molecule has 0 heterocycles. The predicted molar refractivity (Wildman–Crippen MR) is 216 cm³/mol. The predicted octanol–water partition coefficient (Wildman–Crippen LogP) is 3.15. The maximum Gasteiger partial charge on any atom is 0.359 e. The minimum absolute atomic E-state index is 0.0211. The third-order valence-corrected chi connectivity index (χ3v) is 11.3. The summed E-state index contributed by atoms with van der Waals surface area (Å²) < 4.78 is 22.8. The van der Waals surface area contributed by atoms with Gasteiger partial charge < -0.3 is 49.2 Å². The maximum atomic E-state index is 13.4. The standard InChI is InChI=1S/C41H74N4O13/c1-14-18-19-44(10,11)20-22-55-34(51)38(5,6)27-39(7,15-2)36(53)58-26-30(33(49)50)43-32(48)29(42)25-57-37(54)41(9,17-4)28-40(8,16-3)35(52)56-23-21-45(12,13)24-31(46)47/h29-30H,14-28,42H2,1-13H3,(H-2,43,46,47,48,49,50)/p+2/t29-,30-,39?,40?,41?/m0/s1. The highest BCUT2D eigenvalue weighted by molar-refractivity contribution is 5.88. The zero-order valence-corrected chi connectivity index (χ0v) is 37.6. The fourth-order valence-electron chi connectivity index (χ4n) is 6.42. The van der Waals surface area contributed by atoms with E-state index in [4.69, 9.17) is 29.8 Å². The number of hydrogen-bond donors (Lipinski definition) is 4. The van der Waals surface area contributed by atoms with Crippen molar-refractivity contribution in [2.24, 2.45) is 27.4 Å². The van der Waals surface area contributed by atoms with E-state index in [1.54, 1.807) is 69.5 Å². The Morgan fingerprint density at radius 3 is 1.50 bits per heavy atom. The fourth-order valence-corrected chi connectivity index (χ4v) is 6.42. The molecule has 0 saturated carbocycles. The molecule has 336 valence electrons. The molecule has 3 unspecified atom stereocenters. The molecule has 0 aromatic carbocycles. The number of quaternary nitrogens is 2. The van der Waals surface area contributed by atoms with E-state index in [1.807, 2.05) is 0 Å². The van der Waals surface area contributed by atoms with E-state index in [0.717, 1.165) is 19.4 Å². The van der Waals surface area contributed by atoms with Gasteiger partial charge in [0.2, 0.25) is 5.91 Å². The van der Waals surface area contributed by atoms with E-state index in [2.05, 4.69) is 26.3 Å². The van der Waals surface area contributed by atoms with Crippen LogP contribution in [0, 0.1) is 21.7 Å². The Hall–Kier alpha value is -3.83. The molecule has 5 N–H and O–H groups in total. The number of esters is 4. The summed E-state index contributed by atoms with van der Waals surface area (Å²) in [7, 11) is 7.55. The van der Waals surface area contributed by atoms with Crippen LogP contribution in [0.1, 0.15) is 107 Å². The Morgan fingerprint density at radius 2 is 1.05 bits per heavy atom. The van der Waals surface area contributed by atoms with Crippen LogP contribution in [0.4, 0.5) is 0 Å². The molecule has 0 saturated heterocycles. The Bertz CT molecular complexity index is 1420. The van der Waals surface area contributed by atoms with Crippen molar-refractivity contribution < 1.29 is 71.7 Å². The number of hydrogen-bond acceptors (Lipinski definition) is 12. The zero-order valence-electron chi connectivity index (χ0n) is 37.6. The van der Waals surface area contributed by atoms with E-state index in [1.165, 1.54) is 0 Å². The summed E-state index contributed by atoms with van der Waals surface area (Å²) in [5, 5.41) is 21.2. The lowest BCUT2D eigenvalue weighted by Crippen LogP contribution is -2.52. The molecule has 17 heteroatoms. The van der Waals surface area contributed by atoms with E-state index in [0.29, 0.717) is 17.4 Å². The van der Waals surface area contributed by atoms with Gasteiger partial charge in [-0.15, -0.1) is 0 Å². The normalized spacial score (nSPS) is 16.3. The van der Waals surface area contributed by atoms with Gasteiger partial charge in [-0.1, -0.05) is 34.1 Å². The second-order valence-electron chi connectivity index (χ2n) is 18.4. The van der Waals surface area contributed by atoms with Crippen LogP contribution in [0.2, 0.25) is 0 Å². The average Bonchev–Trinajstić information content (AvgIpc) is 3.12. The zero-order chi connectivity index (χ0) is 45.3. The smallest absolute Gasteiger partial charge is 0.359 e. The van der Waals surface area contributed by atoms with Crippen LogP contribution in [0.3, 0.4) is 0 Å². The van der Waals surface area contributed by atoms with Crippen LogP contribution < -0.4 is 11.1 Å². The molecule has 17 nitrogen and oxygen atoms in total. The first kappa shape index (κ1) is 54.2. The van der Waals surface area contributed by atoms with E-state index in [9.17, 15) is 38.7 Å². The Morgan fingerprint density at radius 1 is 0.621 bits per heavy atom. The van der Waals surface area contributed by atoms with Crippen molar-refractivity contribution in [3.05, 3.63) is 0 Å². The first-order valence-corrected chi connectivity index (χ1v) is 20.3. The third kappa shape index (κ3) is 18.0. The van der Waals surface area contributed by atoms with Crippen LogP contribution in [0.25, 0.3) is 0 Å². The number of rotatable bonds is 29. The van der Waals surface area contributed by atoms with Crippen molar-refractivity contribution in [1.82, 2.24) is 5.32 Å². The highest BCUT2D eigenvalue weighted by Gasteiger charge is 2.46. The van der Waals surface area contributed by atoms with E-state index >= 15 is 0 Å². The van der Waals surface area contributed by atoms with Gasteiger partial charge in [0.1, 0.15) is 45.6 Å². The molecule has 0 aromatic rings. The van der Waals surface area contributed by atoms with Crippen LogP contribution in [-0.4, -0.2) is 154 Å². The maximum absolute atomic E-state index is 13.4. The fraction of sp³-hybridized carbons (Fsp3) is 0.829. The number of unbranched alkanes of at least 4 members (excludes halogenated alkanes) is 1. The number of ether oxygens (including phenoxy) is 4. The Balaban J connectivity index is 5.43. The topological polar surface area (TPSA) is 235 Å². The number of aliphatic carboxylic acids is 2. The van der Waals surface area contributed by atoms with Crippen LogP contribution in [-0.2, 0) is 52.5 Å². The van der Waals surface area contributed by atoms with Gasteiger partial charge in [0, 0.05) is 0 Å². The number of carbonyl (C=O) groups excluding carboxylic acids is 5. The molecule has 0 bridgehead atoms. The summed E-state index contributed by atoms with van der Waals surface area (Å²) in [4.78, 5) is 89.2. The summed E-state index contributed by atoms with van der Waals surface area (Å²) in [6.45, 7) is 16.2. The van der Waals surface area contributed by atoms with Gasteiger partial charge in [-0.2, -0.15) is 0 Å². The number of nitrogens with one attached hydrogen (secondary N) is 1. The summed E-state index contributed by atoms with van der Waals surface area (Å²) in [6.07, 6.45) is 3.07. The van der Waals surface area contributed by atoms with Crippen molar-refractivity contribution >= 4 is 41.7 Å². The molecule has 0 aliphatic rings. The molecule has 0 fully saturated rings.